The van der Waals surface area contributed by atoms with Gasteiger partial charge < -0.3 is 22.9 Å². The molecule has 2 aromatic carbocycles. The molecule has 0 amide bonds. The van der Waals surface area contributed by atoms with Crippen LogP contribution in [0, 0.1) is 19.3 Å². The first-order chi connectivity index (χ1) is 9.34. The van der Waals surface area contributed by atoms with Crippen molar-refractivity contribution >= 4 is 17.3 Å². The Balaban J connectivity index is 0.000000289. The number of guanidine groups is 1. The largest absolute Gasteiger partial charge is 0.399 e. The van der Waals surface area contributed by atoms with Gasteiger partial charge in [-0.2, -0.15) is 0 Å². The summed E-state index contributed by atoms with van der Waals surface area (Å²) < 4.78 is 0. The number of rotatable bonds is 0. The van der Waals surface area contributed by atoms with E-state index in [-0.39, 0.29) is 5.96 Å². The molecule has 108 valence electrons. The fourth-order valence-corrected chi connectivity index (χ4v) is 1.17. The average Bonchev–Trinajstić information content (AvgIpc) is 2.37. The van der Waals surface area contributed by atoms with Crippen molar-refractivity contribution in [1.82, 2.24) is 0 Å². The van der Waals surface area contributed by atoms with Crippen LogP contribution < -0.4 is 22.9 Å². The van der Waals surface area contributed by atoms with Gasteiger partial charge >= 0.3 is 0 Å². The lowest BCUT2D eigenvalue weighted by molar-refractivity contribution is 1.39. The van der Waals surface area contributed by atoms with E-state index in [9.17, 15) is 0 Å². The van der Waals surface area contributed by atoms with Gasteiger partial charge in [0.25, 0.3) is 0 Å². The number of hydrogen-bond donors (Lipinski definition) is 5. The Morgan fingerprint density at radius 2 is 1.00 bits per heavy atom. The fraction of sp³-hybridized carbons (Fsp3) is 0.133. The summed E-state index contributed by atoms with van der Waals surface area (Å²) in [5.74, 6) is -0.333. The maximum absolute atomic E-state index is 6.06. The number of aryl methyl sites for hydroxylation is 2. The Morgan fingerprint density at radius 1 is 0.750 bits per heavy atom. The first-order valence-electron chi connectivity index (χ1n) is 6.06. The molecule has 0 atom stereocenters. The van der Waals surface area contributed by atoms with Gasteiger partial charge in [-0.3, -0.25) is 5.41 Å². The van der Waals surface area contributed by atoms with Crippen molar-refractivity contribution in [2.75, 3.05) is 11.5 Å². The molecular weight excluding hydrogens is 250 g/mol. The van der Waals surface area contributed by atoms with Crippen LogP contribution in [0.4, 0.5) is 11.4 Å². The predicted octanol–water partition coefficient (Wildman–Crippen LogP) is 1.99. The smallest absolute Gasteiger partial charge is 0.183 e. The molecule has 0 saturated heterocycles. The standard InChI is InChI=1S/2C7H9N.CH5N3/c2*1-6-4-2-3-5-7(6)8;2-1(3)4/h2*2-5H,8H2,1H3;(H5,2,3,4). The lowest BCUT2D eigenvalue weighted by Crippen LogP contribution is -2.20. The first-order valence-corrected chi connectivity index (χ1v) is 6.06. The molecular formula is C15H23N5. The Kier molecular flexibility index (Phi) is 8.02. The molecule has 2 rings (SSSR count). The highest BCUT2D eigenvalue weighted by Crippen LogP contribution is 2.07. The highest BCUT2D eigenvalue weighted by atomic mass is 14.9. The first kappa shape index (κ1) is 17.3. The molecule has 0 aliphatic carbocycles. The third kappa shape index (κ3) is 8.41. The zero-order valence-corrected chi connectivity index (χ0v) is 11.9. The minimum atomic E-state index is -0.333. The van der Waals surface area contributed by atoms with E-state index in [0.717, 1.165) is 22.5 Å². The molecule has 0 unspecified atom stereocenters. The van der Waals surface area contributed by atoms with Crippen LogP contribution in [0.3, 0.4) is 0 Å². The topological polar surface area (TPSA) is 128 Å². The number of nitrogens with one attached hydrogen (secondary N) is 1. The van der Waals surface area contributed by atoms with Crippen LogP contribution in [0.15, 0.2) is 48.5 Å². The van der Waals surface area contributed by atoms with Gasteiger partial charge in [0.1, 0.15) is 0 Å². The van der Waals surface area contributed by atoms with Crippen molar-refractivity contribution in [2.24, 2.45) is 11.5 Å². The molecule has 0 bridgehead atoms. The second-order valence-corrected chi connectivity index (χ2v) is 4.17. The number of anilines is 2. The molecule has 0 spiro atoms. The van der Waals surface area contributed by atoms with E-state index in [2.05, 4.69) is 11.5 Å². The minimum absolute atomic E-state index is 0.333. The third-order valence-electron chi connectivity index (χ3n) is 2.38. The van der Waals surface area contributed by atoms with Gasteiger partial charge in [-0.05, 0) is 37.1 Å². The molecule has 0 heterocycles. The minimum Gasteiger partial charge on any atom is -0.399 e. The van der Waals surface area contributed by atoms with Gasteiger partial charge in [0.05, 0.1) is 0 Å². The average molecular weight is 273 g/mol. The van der Waals surface area contributed by atoms with Crippen molar-refractivity contribution in [3.05, 3.63) is 59.7 Å². The van der Waals surface area contributed by atoms with E-state index in [1.807, 2.05) is 62.4 Å². The van der Waals surface area contributed by atoms with E-state index in [4.69, 9.17) is 16.9 Å². The molecule has 2 aromatic rings. The van der Waals surface area contributed by atoms with Crippen LogP contribution >= 0.6 is 0 Å². The predicted molar refractivity (Wildman–Crippen MR) is 87.3 cm³/mol. The number of hydrogen-bond acceptors (Lipinski definition) is 3. The second-order valence-electron chi connectivity index (χ2n) is 4.17. The summed E-state index contributed by atoms with van der Waals surface area (Å²) in [5.41, 5.74) is 24.0. The second kappa shape index (κ2) is 9.27. The molecule has 5 nitrogen and oxygen atoms in total. The summed E-state index contributed by atoms with van der Waals surface area (Å²) >= 11 is 0. The quantitative estimate of drug-likeness (QED) is 0.285. The molecule has 0 fully saturated rings. The van der Waals surface area contributed by atoms with Crippen molar-refractivity contribution in [2.45, 2.75) is 13.8 Å². The molecule has 20 heavy (non-hydrogen) atoms. The molecule has 0 radical (unpaired) electrons. The third-order valence-corrected chi connectivity index (χ3v) is 2.38. The molecule has 0 aliphatic rings. The highest BCUT2D eigenvalue weighted by Gasteiger charge is 1.85. The molecule has 0 saturated carbocycles. The van der Waals surface area contributed by atoms with Gasteiger partial charge in [-0.1, -0.05) is 36.4 Å². The van der Waals surface area contributed by atoms with Crippen LogP contribution in [-0.2, 0) is 0 Å². The Hall–Kier alpha value is -2.69. The van der Waals surface area contributed by atoms with E-state index < -0.39 is 0 Å². The van der Waals surface area contributed by atoms with Crippen molar-refractivity contribution < 1.29 is 0 Å². The van der Waals surface area contributed by atoms with Crippen LogP contribution in [0.1, 0.15) is 11.1 Å². The Bertz CT molecular complexity index is 448. The molecule has 9 N–H and O–H groups in total. The van der Waals surface area contributed by atoms with Crippen LogP contribution in [0.2, 0.25) is 0 Å². The lowest BCUT2D eigenvalue weighted by atomic mass is 10.2. The molecule has 5 heteroatoms. The summed E-state index contributed by atoms with van der Waals surface area (Å²) in [4.78, 5) is 0. The van der Waals surface area contributed by atoms with Crippen LogP contribution in [0.5, 0.6) is 0 Å². The molecule has 0 aliphatic heterocycles. The van der Waals surface area contributed by atoms with Crippen molar-refractivity contribution in [1.29, 1.82) is 5.41 Å². The number of benzene rings is 2. The fourth-order valence-electron chi connectivity index (χ4n) is 1.17. The van der Waals surface area contributed by atoms with Gasteiger partial charge in [-0.25, -0.2) is 0 Å². The summed E-state index contributed by atoms with van der Waals surface area (Å²) in [6.45, 7) is 3.99. The van der Waals surface area contributed by atoms with E-state index >= 15 is 0 Å². The number of nitrogen functional groups attached to an aromatic ring is 2. The van der Waals surface area contributed by atoms with Gasteiger partial charge in [-0.15, -0.1) is 0 Å². The monoisotopic (exact) mass is 273 g/mol. The van der Waals surface area contributed by atoms with E-state index in [0.29, 0.717) is 0 Å². The lowest BCUT2D eigenvalue weighted by Gasteiger charge is -1.93. The van der Waals surface area contributed by atoms with Crippen molar-refractivity contribution in [3.63, 3.8) is 0 Å². The summed E-state index contributed by atoms with van der Waals surface area (Å²) in [5, 5.41) is 6.06. The summed E-state index contributed by atoms with van der Waals surface area (Å²) in [6.07, 6.45) is 0. The van der Waals surface area contributed by atoms with Gasteiger partial charge in [0, 0.05) is 11.4 Å². The SMILES string of the molecule is Cc1ccccc1N.Cc1ccccc1N.N=C(N)N. The molecule has 0 aromatic heterocycles. The normalized spacial score (nSPS) is 8.50. The van der Waals surface area contributed by atoms with E-state index in [1.54, 1.807) is 0 Å². The van der Waals surface area contributed by atoms with Gasteiger partial charge in [0.2, 0.25) is 0 Å². The van der Waals surface area contributed by atoms with Gasteiger partial charge in [0.15, 0.2) is 5.96 Å². The van der Waals surface area contributed by atoms with Crippen LogP contribution in [0.25, 0.3) is 0 Å². The van der Waals surface area contributed by atoms with Crippen LogP contribution in [-0.4, -0.2) is 5.96 Å². The summed E-state index contributed by atoms with van der Waals surface area (Å²) in [7, 11) is 0. The maximum Gasteiger partial charge on any atom is 0.183 e. The number of para-hydroxylation sites is 2. The Labute approximate surface area is 120 Å². The van der Waals surface area contributed by atoms with E-state index in [1.165, 1.54) is 0 Å². The zero-order valence-electron chi connectivity index (χ0n) is 11.9. The maximum atomic E-state index is 6.06. The zero-order chi connectivity index (χ0) is 15.5. The number of nitrogens with two attached hydrogens (primary N) is 4. The van der Waals surface area contributed by atoms with Crippen molar-refractivity contribution in [3.8, 4) is 0 Å². The Morgan fingerprint density at radius 3 is 1.15 bits per heavy atom. The highest BCUT2D eigenvalue weighted by molar-refractivity contribution is 5.71. The summed E-state index contributed by atoms with van der Waals surface area (Å²) in [6, 6.07) is 15.6.